The number of aromatic hydroxyl groups is 2. The van der Waals surface area contributed by atoms with Gasteiger partial charge in [-0.25, -0.2) is 0 Å². The van der Waals surface area contributed by atoms with Crippen LogP contribution >= 0.6 is 0 Å². The number of rotatable bonds is 4. The van der Waals surface area contributed by atoms with Gasteiger partial charge >= 0.3 is 0 Å². The van der Waals surface area contributed by atoms with E-state index in [0.29, 0.717) is 18.1 Å². The largest absolute Gasteiger partial charge is 0.504 e. The maximum Gasteiger partial charge on any atom is 0.160 e. The van der Waals surface area contributed by atoms with Crippen molar-refractivity contribution in [2.45, 2.75) is 18.6 Å². The molecule has 0 bridgehead atoms. The van der Waals surface area contributed by atoms with Crippen LogP contribution in [0.2, 0.25) is 0 Å². The van der Waals surface area contributed by atoms with Crippen LogP contribution in [0.15, 0.2) is 30.3 Å². The maximum absolute atomic E-state index is 10.4. The van der Waals surface area contributed by atoms with Gasteiger partial charge in [0.1, 0.15) is 0 Å². The van der Waals surface area contributed by atoms with Crippen LogP contribution < -0.4 is 9.47 Å². The van der Waals surface area contributed by atoms with Gasteiger partial charge in [0.05, 0.1) is 20.8 Å². The number of hydrogen-bond acceptors (Lipinski definition) is 6. The lowest BCUT2D eigenvalue weighted by Gasteiger charge is -2.36. The Hall–Kier alpha value is -2.44. The lowest BCUT2D eigenvalue weighted by Crippen LogP contribution is -2.33. The van der Waals surface area contributed by atoms with E-state index in [9.17, 15) is 10.2 Å². The Balaban J connectivity index is 1.87. The fourth-order valence-corrected chi connectivity index (χ4v) is 4.54. The highest BCUT2D eigenvalue weighted by atomic mass is 16.7. The number of hydrogen-bond donors (Lipinski definition) is 2. The van der Waals surface area contributed by atoms with E-state index in [2.05, 4.69) is 0 Å². The van der Waals surface area contributed by atoms with Crippen molar-refractivity contribution in [1.29, 1.82) is 0 Å². The molecule has 6 nitrogen and oxygen atoms in total. The molecule has 1 aliphatic carbocycles. The zero-order valence-electron chi connectivity index (χ0n) is 15.6. The van der Waals surface area contributed by atoms with E-state index in [-0.39, 0.29) is 35.5 Å². The highest BCUT2D eigenvalue weighted by Crippen LogP contribution is 2.51. The molecule has 0 spiro atoms. The summed E-state index contributed by atoms with van der Waals surface area (Å²) in [5, 5.41) is 20.4. The van der Waals surface area contributed by atoms with Crippen LogP contribution in [0, 0.1) is 11.8 Å². The normalized spacial score (nSPS) is 26.3. The minimum atomic E-state index is -0.260. The molecular formula is C21H24O6. The SMILES string of the molecule is COc1cc([C@H]2c3cc(O)c(OC)cc3C[C@H]3[C@@H](OC)OC[C@H]23)ccc1O. The Kier molecular flexibility index (Phi) is 4.61. The van der Waals surface area contributed by atoms with Crippen molar-refractivity contribution >= 4 is 0 Å². The van der Waals surface area contributed by atoms with Crippen molar-refractivity contribution in [3.8, 4) is 23.0 Å². The third-order valence-corrected chi connectivity index (χ3v) is 5.81. The van der Waals surface area contributed by atoms with E-state index in [0.717, 1.165) is 23.1 Å². The molecule has 0 radical (unpaired) electrons. The molecule has 1 heterocycles. The number of phenolic OH excluding ortho intramolecular Hbond substituents is 2. The molecule has 6 heteroatoms. The zero-order chi connectivity index (χ0) is 19.1. The van der Waals surface area contributed by atoms with Crippen LogP contribution in [0.25, 0.3) is 0 Å². The van der Waals surface area contributed by atoms with E-state index < -0.39 is 0 Å². The van der Waals surface area contributed by atoms with Crippen LogP contribution in [0.4, 0.5) is 0 Å². The lowest BCUT2D eigenvalue weighted by atomic mass is 9.67. The van der Waals surface area contributed by atoms with Crippen LogP contribution in [0.3, 0.4) is 0 Å². The van der Waals surface area contributed by atoms with Crippen molar-refractivity contribution in [3.63, 3.8) is 0 Å². The Morgan fingerprint density at radius 3 is 2.37 bits per heavy atom. The molecule has 144 valence electrons. The van der Waals surface area contributed by atoms with Gasteiger partial charge in [-0.3, -0.25) is 0 Å². The molecule has 0 unspecified atom stereocenters. The summed E-state index contributed by atoms with van der Waals surface area (Å²) in [5.74, 6) is 1.49. The van der Waals surface area contributed by atoms with Crippen molar-refractivity contribution < 1.29 is 29.2 Å². The maximum atomic E-state index is 10.4. The number of ether oxygens (including phenoxy) is 4. The van der Waals surface area contributed by atoms with E-state index >= 15 is 0 Å². The molecular weight excluding hydrogens is 348 g/mol. The monoisotopic (exact) mass is 372 g/mol. The second kappa shape index (κ2) is 6.94. The first kappa shape index (κ1) is 17.9. The first-order valence-electron chi connectivity index (χ1n) is 8.98. The average Bonchev–Trinajstić information content (AvgIpc) is 3.09. The van der Waals surface area contributed by atoms with Gasteiger partial charge in [0.15, 0.2) is 29.3 Å². The summed E-state index contributed by atoms with van der Waals surface area (Å²) < 4.78 is 22.1. The van der Waals surface area contributed by atoms with E-state index in [1.165, 1.54) is 7.11 Å². The van der Waals surface area contributed by atoms with Crippen molar-refractivity contribution in [2.75, 3.05) is 27.9 Å². The second-order valence-electron chi connectivity index (χ2n) is 7.10. The number of fused-ring (bicyclic) bond motifs is 2. The quantitative estimate of drug-likeness (QED) is 0.859. The number of phenols is 2. The summed E-state index contributed by atoms with van der Waals surface area (Å²) in [6, 6.07) is 9.08. The third kappa shape index (κ3) is 2.89. The van der Waals surface area contributed by atoms with Crippen LogP contribution in [-0.2, 0) is 15.9 Å². The van der Waals surface area contributed by atoms with Crippen molar-refractivity contribution in [1.82, 2.24) is 0 Å². The smallest absolute Gasteiger partial charge is 0.160 e. The topological polar surface area (TPSA) is 77.4 Å². The Morgan fingerprint density at radius 2 is 1.67 bits per heavy atom. The van der Waals surface area contributed by atoms with E-state index in [1.54, 1.807) is 26.4 Å². The van der Waals surface area contributed by atoms with Crippen LogP contribution in [-0.4, -0.2) is 44.4 Å². The van der Waals surface area contributed by atoms with Gasteiger partial charge in [0.2, 0.25) is 0 Å². The van der Waals surface area contributed by atoms with Gasteiger partial charge in [-0.05, 0) is 47.4 Å². The zero-order valence-corrected chi connectivity index (χ0v) is 15.6. The molecule has 0 aromatic heterocycles. The molecule has 2 aromatic carbocycles. The second-order valence-corrected chi connectivity index (χ2v) is 7.10. The number of methoxy groups -OCH3 is 3. The first-order chi connectivity index (χ1) is 13.1. The Bertz CT molecular complexity index is 849. The van der Waals surface area contributed by atoms with Crippen molar-refractivity contribution in [2.24, 2.45) is 11.8 Å². The molecule has 2 aromatic rings. The van der Waals surface area contributed by atoms with Crippen LogP contribution in [0.5, 0.6) is 23.0 Å². The van der Waals surface area contributed by atoms with Gasteiger partial charge in [-0.2, -0.15) is 0 Å². The minimum Gasteiger partial charge on any atom is -0.504 e. The Labute approximate surface area is 158 Å². The fraction of sp³-hybridized carbons (Fsp3) is 0.429. The van der Waals surface area contributed by atoms with Gasteiger partial charge < -0.3 is 29.2 Å². The predicted octanol–water partition coefficient (Wildman–Crippen LogP) is 3.04. The highest BCUT2D eigenvalue weighted by Gasteiger charge is 2.47. The highest BCUT2D eigenvalue weighted by molar-refractivity contribution is 5.53. The first-order valence-corrected chi connectivity index (χ1v) is 8.98. The van der Waals surface area contributed by atoms with Gasteiger partial charge in [-0.15, -0.1) is 0 Å². The molecule has 0 amide bonds. The summed E-state index contributed by atoms with van der Waals surface area (Å²) in [7, 11) is 4.75. The van der Waals surface area contributed by atoms with Gasteiger partial charge in [0.25, 0.3) is 0 Å². The lowest BCUT2D eigenvalue weighted by molar-refractivity contribution is -0.110. The third-order valence-electron chi connectivity index (χ3n) is 5.81. The van der Waals surface area contributed by atoms with E-state index in [4.69, 9.17) is 18.9 Å². The van der Waals surface area contributed by atoms with Gasteiger partial charge in [-0.1, -0.05) is 6.07 Å². The standard InChI is InChI=1S/C21H24O6/c1-24-18-7-11(4-5-16(18)22)20-13-9-17(23)19(25-2)8-12(13)6-14-15(20)10-27-21(14)26-3/h4-5,7-9,14-15,20-23H,6,10H2,1-3H3/t14-,15+,20+,21+/m1/s1. The van der Waals surface area contributed by atoms with Crippen LogP contribution in [0.1, 0.15) is 22.6 Å². The molecule has 4 rings (SSSR count). The van der Waals surface area contributed by atoms with E-state index in [1.807, 2.05) is 18.2 Å². The summed E-state index contributed by atoms with van der Waals surface area (Å²) in [4.78, 5) is 0. The summed E-state index contributed by atoms with van der Waals surface area (Å²) in [6.07, 6.45) is 0.533. The molecule has 1 saturated heterocycles. The molecule has 0 saturated carbocycles. The summed E-state index contributed by atoms with van der Waals surface area (Å²) in [6.45, 7) is 0.573. The summed E-state index contributed by atoms with van der Waals surface area (Å²) in [5.41, 5.74) is 3.16. The fourth-order valence-electron chi connectivity index (χ4n) is 4.54. The molecule has 1 fully saturated rings. The molecule has 1 aliphatic heterocycles. The summed E-state index contributed by atoms with van der Waals surface area (Å²) >= 11 is 0. The average molecular weight is 372 g/mol. The van der Waals surface area contributed by atoms with Gasteiger partial charge in [0, 0.05) is 24.9 Å². The predicted molar refractivity (Wildman–Crippen MR) is 98.6 cm³/mol. The Morgan fingerprint density at radius 1 is 0.926 bits per heavy atom. The van der Waals surface area contributed by atoms with Crippen molar-refractivity contribution in [3.05, 3.63) is 47.0 Å². The molecule has 2 N–H and O–H groups in total. The molecule has 27 heavy (non-hydrogen) atoms. The number of benzene rings is 2. The molecule has 4 atom stereocenters. The molecule has 2 aliphatic rings. The minimum absolute atomic E-state index is 0.00907.